The molecule has 0 amide bonds. The number of hydrogen-bond donors (Lipinski definition) is 0. The van der Waals surface area contributed by atoms with E-state index in [2.05, 4.69) is 200 Å². The van der Waals surface area contributed by atoms with Crippen LogP contribution in [0.3, 0.4) is 0 Å². The molecule has 0 spiro atoms. The molecule has 63 heavy (non-hydrogen) atoms. The lowest BCUT2D eigenvalue weighted by Gasteiger charge is -2.42. The van der Waals surface area contributed by atoms with Crippen LogP contribution in [-0.2, 0) is 39.9 Å². The van der Waals surface area contributed by atoms with E-state index in [1.165, 1.54) is 111 Å². The van der Waals surface area contributed by atoms with Gasteiger partial charge in [0.1, 0.15) is 11.5 Å². The van der Waals surface area contributed by atoms with E-state index < -0.39 is 0 Å². The third kappa shape index (κ3) is 6.88. The molecule has 0 radical (unpaired) electrons. The van der Waals surface area contributed by atoms with Crippen LogP contribution in [0.5, 0.6) is 11.5 Å². The Hall–Kier alpha value is -4.80. The second kappa shape index (κ2) is 13.9. The van der Waals surface area contributed by atoms with Crippen molar-refractivity contribution in [1.29, 1.82) is 0 Å². The summed E-state index contributed by atoms with van der Waals surface area (Å²) in [6, 6.07) is 36.4. The number of benzene rings is 6. The number of hydrogen-bond acceptors (Lipinski definition) is 3. The van der Waals surface area contributed by atoms with Crippen molar-refractivity contribution in [2.45, 2.75) is 150 Å². The Morgan fingerprint density at radius 2 is 1.11 bits per heavy atom. The minimum Gasteiger partial charge on any atom is -0.458 e. The highest BCUT2D eigenvalue weighted by Crippen LogP contribution is 2.50. The molecule has 6 aromatic carbocycles. The number of nitrogens with zero attached hydrogens (tertiary/aromatic N) is 1. The van der Waals surface area contributed by atoms with Crippen molar-refractivity contribution in [2.24, 2.45) is 0 Å². The van der Waals surface area contributed by atoms with Crippen LogP contribution in [0.1, 0.15) is 149 Å². The fourth-order valence-corrected chi connectivity index (χ4v) is 11.8. The van der Waals surface area contributed by atoms with Gasteiger partial charge < -0.3 is 9.64 Å². The molecule has 0 saturated heterocycles. The van der Waals surface area contributed by atoms with E-state index in [-0.39, 0.29) is 33.8 Å². The van der Waals surface area contributed by atoms with Gasteiger partial charge in [-0.05, 0) is 156 Å². The molecule has 4 heteroatoms. The topological polar surface area (TPSA) is 12.5 Å². The molecule has 3 aliphatic rings. The Balaban J connectivity index is 1.32. The van der Waals surface area contributed by atoms with E-state index in [0.29, 0.717) is 0 Å². The van der Waals surface area contributed by atoms with Gasteiger partial charge in [-0.3, -0.25) is 0 Å². The van der Waals surface area contributed by atoms with Gasteiger partial charge >= 0.3 is 0 Å². The van der Waals surface area contributed by atoms with Crippen LogP contribution in [0.25, 0.3) is 31.3 Å². The second-order valence-corrected chi connectivity index (χ2v) is 25.3. The third-order valence-electron chi connectivity index (χ3n) is 14.4. The summed E-state index contributed by atoms with van der Waals surface area (Å²) in [6.45, 7) is 35.2. The predicted molar refractivity (Wildman–Crippen MR) is 276 cm³/mol. The molecule has 2 nitrogen and oxygen atoms in total. The third-order valence-corrected chi connectivity index (χ3v) is 15.6. The quantitative estimate of drug-likeness (QED) is 0.161. The zero-order valence-corrected chi connectivity index (χ0v) is 41.4. The highest BCUT2D eigenvalue weighted by Gasteiger charge is 2.45. The Kier molecular flexibility index (Phi) is 9.27. The molecule has 0 fully saturated rings. The minimum absolute atomic E-state index is 0.000129. The first-order valence-electron chi connectivity index (χ1n) is 23.5. The molecule has 0 bridgehead atoms. The zero-order valence-electron chi connectivity index (χ0n) is 40.6. The molecule has 1 aliphatic carbocycles. The van der Waals surface area contributed by atoms with Crippen molar-refractivity contribution in [1.82, 2.24) is 0 Å². The van der Waals surface area contributed by atoms with Crippen LogP contribution < -0.4 is 26.0 Å². The maximum Gasteiger partial charge on any atom is 0.258 e. The van der Waals surface area contributed by atoms with Crippen molar-refractivity contribution >= 4 is 71.7 Å². The van der Waals surface area contributed by atoms with Crippen molar-refractivity contribution in [3.05, 3.63) is 130 Å². The number of fused-ring (bicyclic) bond motifs is 10. The van der Waals surface area contributed by atoms with Crippen LogP contribution in [0, 0.1) is 0 Å². The van der Waals surface area contributed by atoms with Crippen LogP contribution in [0.2, 0.25) is 0 Å². The van der Waals surface area contributed by atoms with Gasteiger partial charge in [-0.1, -0.05) is 146 Å². The summed E-state index contributed by atoms with van der Waals surface area (Å²) < 4.78 is 10.1. The molecule has 10 rings (SSSR count). The zero-order chi connectivity index (χ0) is 44.9. The molecular weight excluding hydrogens is 782 g/mol. The summed E-state index contributed by atoms with van der Waals surface area (Å²) in [5.74, 6) is 1.97. The maximum absolute atomic E-state index is 7.32. The summed E-state index contributed by atoms with van der Waals surface area (Å²) in [5, 5.41) is 2.86. The van der Waals surface area contributed by atoms with E-state index >= 15 is 0 Å². The lowest BCUT2D eigenvalue weighted by atomic mass is 9.33. The Morgan fingerprint density at radius 3 is 1.75 bits per heavy atom. The van der Waals surface area contributed by atoms with Crippen molar-refractivity contribution in [3.8, 4) is 22.6 Å². The van der Waals surface area contributed by atoms with Gasteiger partial charge in [-0.2, -0.15) is 0 Å². The Labute approximate surface area is 382 Å². The average molecular weight is 848 g/mol. The second-order valence-electron chi connectivity index (χ2n) is 24.2. The number of aryl methyl sites for hydroxylation is 2. The van der Waals surface area contributed by atoms with E-state index in [1.807, 2.05) is 11.3 Å². The van der Waals surface area contributed by atoms with Gasteiger partial charge in [0.2, 0.25) is 0 Å². The first-order valence-corrected chi connectivity index (χ1v) is 24.3. The average Bonchev–Trinajstić information content (AvgIpc) is 3.83. The number of rotatable bonds is 2. The number of anilines is 3. The van der Waals surface area contributed by atoms with E-state index in [1.54, 1.807) is 5.56 Å². The fraction of sp³-hybridized carbons (Fsp3) is 0.390. The maximum atomic E-state index is 7.32. The summed E-state index contributed by atoms with van der Waals surface area (Å²) in [6.07, 6.45) is 3.59. The van der Waals surface area contributed by atoms with Crippen molar-refractivity contribution in [3.63, 3.8) is 0 Å². The van der Waals surface area contributed by atoms with Gasteiger partial charge in [-0.15, -0.1) is 11.3 Å². The van der Waals surface area contributed by atoms with Crippen LogP contribution >= 0.6 is 11.3 Å². The molecule has 2 aliphatic heterocycles. The normalized spacial score (nSPS) is 15.1. The Bertz CT molecular complexity index is 3000. The largest absolute Gasteiger partial charge is 0.458 e. The molecule has 0 saturated carbocycles. The van der Waals surface area contributed by atoms with Gasteiger partial charge in [0.05, 0.1) is 5.69 Å². The van der Waals surface area contributed by atoms with Gasteiger partial charge in [-0.25, -0.2) is 0 Å². The van der Waals surface area contributed by atoms with Crippen LogP contribution in [-0.4, -0.2) is 6.71 Å². The monoisotopic (exact) mass is 847 g/mol. The summed E-state index contributed by atoms with van der Waals surface area (Å²) in [5.41, 5.74) is 19.7. The lowest BCUT2D eigenvalue weighted by Crippen LogP contribution is -2.60. The van der Waals surface area contributed by atoms with Gasteiger partial charge in [0, 0.05) is 37.1 Å². The number of ether oxygens (including phenoxy) is 1. The van der Waals surface area contributed by atoms with Gasteiger partial charge in [0.15, 0.2) is 0 Å². The summed E-state index contributed by atoms with van der Waals surface area (Å²) >= 11 is 1.97. The smallest absolute Gasteiger partial charge is 0.258 e. The van der Waals surface area contributed by atoms with Crippen LogP contribution in [0.4, 0.5) is 17.1 Å². The standard InChI is InChI=1S/C59H66BNOS/c1-55(2,3)36-20-23-45(43(30-36)35-27-38(57(7,8)9)29-39(28-35)58(10,11)12)61-46-24-21-37(56(4,5)6)31-44(46)60-52-47(61)32-40(59(13,14)15)33-49(52)62-48-25-22-42-51-41-18-16-17-34(41)19-26-50(51)63-54(42)53(48)60/h19-33H,16-18H2,1-15H3. The molecule has 322 valence electrons. The van der Waals surface area contributed by atoms with E-state index in [4.69, 9.17) is 4.74 Å². The summed E-state index contributed by atoms with van der Waals surface area (Å²) in [4.78, 5) is 2.63. The molecule has 7 aromatic rings. The predicted octanol–water partition coefficient (Wildman–Crippen LogP) is 15.1. The SMILES string of the molecule is CC(C)(C)c1cc(-c2cc(C(C)(C)C)ccc2N2c3ccc(C(C)(C)C)cc3B3c4c(cc(C(C)(C)C)cc42)Oc2ccc4c(sc5ccc6c(c54)CCC6)c23)cc(C(C)(C)C)c1. The minimum atomic E-state index is -0.107. The molecular formula is C59H66BNOS. The lowest BCUT2D eigenvalue weighted by molar-refractivity contribution is 0.484. The first-order chi connectivity index (χ1) is 29.4. The molecule has 1 aromatic heterocycles. The van der Waals surface area contributed by atoms with Crippen molar-refractivity contribution in [2.75, 3.05) is 4.90 Å². The molecule has 0 unspecified atom stereocenters. The highest BCUT2D eigenvalue weighted by atomic mass is 32.1. The molecule has 3 heterocycles. The first kappa shape index (κ1) is 42.2. The van der Waals surface area contributed by atoms with E-state index in [0.717, 1.165) is 17.9 Å². The number of thiophene rings is 1. The fourth-order valence-electron chi connectivity index (χ4n) is 10.5. The van der Waals surface area contributed by atoms with E-state index in [9.17, 15) is 0 Å². The summed E-state index contributed by atoms with van der Waals surface area (Å²) in [7, 11) is 0. The van der Waals surface area contributed by atoms with Gasteiger partial charge in [0.25, 0.3) is 6.71 Å². The Morgan fingerprint density at radius 1 is 0.508 bits per heavy atom. The molecule has 0 atom stereocenters. The molecule has 0 N–H and O–H groups in total. The van der Waals surface area contributed by atoms with Crippen LogP contribution in [0.15, 0.2) is 91.0 Å². The van der Waals surface area contributed by atoms with Crippen molar-refractivity contribution < 1.29 is 4.74 Å². The highest BCUT2D eigenvalue weighted by molar-refractivity contribution is 7.28.